The molecule has 3 aromatic rings. The van der Waals surface area contributed by atoms with Crippen LogP contribution in [0.4, 0.5) is 0 Å². The molecule has 1 heterocycles. The van der Waals surface area contributed by atoms with Crippen molar-refractivity contribution < 1.29 is 19.1 Å². The van der Waals surface area contributed by atoms with Crippen LogP contribution in [0.15, 0.2) is 65.6 Å². The third-order valence-corrected chi connectivity index (χ3v) is 10.6. The van der Waals surface area contributed by atoms with Gasteiger partial charge in [-0.3, -0.25) is 15.0 Å². The Morgan fingerprint density at radius 3 is 2.46 bits per heavy atom. The molecule has 210 valence electrons. The van der Waals surface area contributed by atoms with Crippen molar-refractivity contribution in [3.63, 3.8) is 0 Å². The third kappa shape index (κ3) is 4.91. The van der Waals surface area contributed by atoms with Crippen molar-refractivity contribution >= 4 is 57.0 Å². The summed E-state index contributed by atoms with van der Waals surface area (Å²) in [5.41, 5.74) is 4.45. The van der Waals surface area contributed by atoms with E-state index < -0.39 is 0 Å². The number of ether oxygens (including phenoxy) is 2. The minimum Gasteiger partial charge on any atom is -0.493 e. The second-order valence-corrected chi connectivity index (χ2v) is 13.7. The Morgan fingerprint density at radius 1 is 1.02 bits per heavy atom. The fourth-order valence-corrected chi connectivity index (χ4v) is 8.97. The van der Waals surface area contributed by atoms with Crippen LogP contribution in [-0.2, 0) is 16.2 Å². The van der Waals surface area contributed by atoms with Gasteiger partial charge in [-0.2, -0.15) is 5.01 Å². The van der Waals surface area contributed by atoms with E-state index >= 15 is 0 Å². The van der Waals surface area contributed by atoms with Crippen LogP contribution in [-0.4, -0.2) is 28.3 Å². The van der Waals surface area contributed by atoms with Crippen LogP contribution in [0, 0.1) is 23.2 Å². The van der Waals surface area contributed by atoms with Gasteiger partial charge in [-0.25, -0.2) is 0 Å². The molecule has 4 aliphatic carbocycles. The van der Waals surface area contributed by atoms with Crippen molar-refractivity contribution in [3.8, 4) is 11.5 Å². The van der Waals surface area contributed by atoms with E-state index in [0.717, 1.165) is 35.8 Å². The van der Waals surface area contributed by atoms with Gasteiger partial charge in [0.2, 0.25) is 5.91 Å². The van der Waals surface area contributed by atoms with Gasteiger partial charge in [-0.1, -0.05) is 60.3 Å². The summed E-state index contributed by atoms with van der Waals surface area (Å²) in [5.74, 6) is 2.79. The molecular formula is C33H32N2O4S2. The number of carbonyl (C=O) groups excluding carboxylic acids is 2. The molecule has 8 rings (SSSR count). The van der Waals surface area contributed by atoms with Crippen molar-refractivity contribution in [2.75, 3.05) is 7.11 Å². The SMILES string of the molecule is COc1cc(/C=C2/SC(=S)N(NC(=O)C34CC5CC(CC(C5)C3)C4)C2=O)ccc1OCc1cccc2ccccc12. The smallest absolute Gasteiger partial charge is 0.285 e. The van der Waals surface area contributed by atoms with Crippen molar-refractivity contribution in [1.29, 1.82) is 0 Å². The van der Waals surface area contributed by atoms with Crippen LogP contribution >= 0.6 is 24.0 Å². The largest absolute Gasteiger partial charge is 0.493 e. The Hall–Kier alpha value is -3.36. The predicted molar refractivity (Wildman–Crippen MR) is 165 cm³/mol. The molecule has 5 aliphatic rings. The van der Waals surface area contributed by atoms with E-state index in [9.17, 15) is 9.59 Å². The molecule has 4 bridgehead atoms. The average Bonchev–Trinajstić information content (AvgIpc) is 3.22. The van der Waals surface area contributed by atoms with Gasteiger partial charge in [0.1, 0.15) is 6.61 Å². The first kappa shape index (κ1) is 26.5. The first-order valence-corrected chi connectivity index (χ1v) is 15.5. The lowest BCUT2D eigenvalue weighted by molar-refractivity contribution is -0.152. The maximum atomic E-state index is 13.5. The highest BCUT2D eigenvalue weighted by atomic mass is 32.2. The molecule has 5 fully saturated rings. The van der Waals surface area contributed by atoms with Gasteiger partial charge in [0, 0.05) is 0 Å². The number of amides is 2. The van der Waals surface area contributed by atoms with E-state index in [1.54, 1.807) is 13.2 Å². The zero-order valence-corrected chi connectivity index (χ0v) is 24.6. The minimum atomic E-state index is -0.350. The summed E-state index contributed by atoms with van der Waals surface area (Å²) in [5, 5.41) is 3.59. The normalized spacial score (nSPS) is 27.6. The standard InChI is InChI=1S/C33H32N2O4S2/c1-38-28-14-20(9-10-27(28)39-19-25-7-4-6-24-5-2-3-8-26(24)25)15-29-30(36)35(32(40)41-29)34-31(37)33-16-21-11-22(17-33)13-23(12-21)18-33/h2-10,14-15,21-23H,11-13,16-19H2,1H3,(H,34,37)/b29-15+. The monoisotopic (exact) mass is 584 g/mol. The van der Waals surface area contributed by atoms with Crippen LogP contribution in [0.2, 0.25) is 0 Å². The highest BCUT2D eigenvalue weighted by Gasteiger charge is 2.55. The molecule has 0 spiro atoms. The number of hydrogen-bond acceptors (Lipinski definition) is 6. The summed E-state index contributed by atoms with van der Waals surface area (Å²) in [6, 6.07) is 20.0. The number of hydrogen-bond donors (Lipinski definition) is 1. The Bertz CT molecular complexity index is 1560. The summed E-state index contributed by atoms with van der Waals surface area (Å²) in [6.07, 6.45) is 8.36. The molecule has 0 unspecified atom stereocenters. The lowest BCUT2D eigenvalue weighted by atomic mass is 9.49. The molecule has 4 saturated carbocycles. The number of carbonyl (C=O) groups is 2. The number of methoxy groups -OCH3 is 1. The molecule has 3 aromatic carbocycles. The Labute approximate surface area is 249 Å². The number of thiocarbonyl (C=S) groups is 1. The number of thioether (sulfide) groups is 1. The van der Waals surface area contributed by atoms with Gasteiger partial charge in [0.15, 0.2) is 15.8 Å². The Kier molecular flexibility index (Phi) is 6.78. The van der Waals surface area contributed by atoms with Gasteiger partial charge >= 0.3 is 0 Å². The fraction of sp³-hybridized carbons (Fsp3) is 0.364. The fourth-order valence-electron chi connectivity index (χ4n) is 7.79. The lowest BCUT2D eigenvalue weighted by Gasteiger charge is -2.55. The molecule has 6 nitrogen and oxygen atoms in total. The van der Waals surface area contributed by atoms with Crippen LogP contribution in [0.25, 0.3) is 16.8 Å². The molecule has 0 aromatic heterocycles. The Morgan fingerprint density at radius 2 is 1.73 bits per heavy atom. The van der Waals surface area contributed by atoms with Gasteiger partial charge in [-0.15, -0.1) is 0 Å². The maximum absolute atomic E-state index is 13.5. The summed E-state index contributed by atoms with van der Waals surface area (Å²) >= 11 is 6.73. The second-order valence-electron chi connectivity index (χ2n) is 12.0. The van der Waals surface area contributed by atoms with Gasteiger partial charge in [0.05, 0.1) is 17.4 Å². The molecule has 0 atom stereocenters. The van der Waals surface area contributed by atoms with Crippen LogP contribution in [0.1, 0.15) is 49.7 Å². The Balaban J connectivity index is 1.05. The first-order valence-electron chi connectivity index (χ1n) is 14.3. The van der Waals surface area contributed by atoms with Crippen molar-refractivity contribution in [2.24, 2.45) is 23.2 Å². The summed E-state index contributed by atoms with van der Waals surface area (Å²) in [7, 11) is 1.60. The van der Waals surface area contributed by atoms with E-state index in [0.29, 0.717) is 45.1 Å². The molecule has 1 saturated heterocycles. The summed E-state index contributed by atoms with van der Waals surface area (Å²) < 4.78 is 12.1. The highest BCUT2D eigenvalue weighted by molar-refractivity contribution is 8.26. The zero-order valence-electron chi connectivity index (χ0n) is 22.9. The second kappa shape index (κ2) is 10.5. The molecule has 0 radical (unpaired) electrons. The van der Waals surface area contributed by atoms with Crippen LogP contribution in [0.3, 0.4) is 0 Å². The van der Waals surface area contributed by atoms with Crippen LogP contribution in [0.5, 0.6) is 11.5 Å². The number of nitrogens with zero attached hydrogens (tertiary/aromatic N) is 1. The van der Waals surface area contributed by atoms with E-state index in [-0.39, 0.29) is 17.2 Å². The van der Waals surface area contributed by atoms with Crippen molar-refractivity contribution in [1.82, 2.24) is 10.4 Å². The summed E-state index contributed by atoms with van der Waals surface area (Å²) in [6.45, 7) is 0.402. The number of benzene rings is 3. The lowest BCUT2D eigenvalue weighted by Crippen LogP contribution is -2.57. The third-order valence-electron chi connectivity index (χ3n) is 9.28. The number of hydrazine groups is 1. The highest BCUT2D eigenvalue weighted by Crippen LogP contribution is 2.60. The predicted octanol–water partition coefficient (Wildman–Crippen LogP) is 6.88. The average molecular weight is 585 g/mol. The van der Waals surface area contributed by atoms with Gasteiger partial charge in [0.25, 0.3) is 5.91 Å². The van der Waals surface area contributed by atoms with E-state index in [4.69, 9.17) is 21.7 Å². The van der Waals surface area contributed by atoms with E-state index in [1.807, 2.05) is 36.4 Å². The molecular weight excluding hydrogens is 553 g/mol. The molecule has 2 amide bonds. The first-order chi connectivity index (χ1) is 19.9. The van der Waals surface area contributed by atoms with Crippen molar-refractivity contribution in [3.05, 3.63) is 76.7 Å². The zero-order chi connectivity index (χ0) is 28.1. The maximum Gasteiger partial charge on any atom is 0.285 e. The number of nitrogens with one attached hydrogen (secondary N) is 1. The molecule has 8 heteroatoms. The van der Waals surface area contributed by atoms with Crippen molar-refractivity contribution in [2.45, 2.75) is 45.1 Å². The van der Waals surface area contributed by atoms with Crippen LogP contribution < -0.4 is 14.9 Å². The van der Waals surface area contributed by atoms with Gasteiger partial charge < -0.3 is 9.47 Å². The minimum absolute atomic E-state index is 0.0384. The summed E-state index contributed by atoms with van der Waals surface area (Å²) in [4.78, 5) is 27.4. The molecule has 1 N–H and O–H groups in total. The van der Waals surface area contributed by atoms with E-state index in [1.165, 1.54) is 41.4 Å². The molecule has 41 heavy (non-hydrogen) atoms. The van der Waals surface area contributed by atoms with Gasteiger partial charge in [-0.05, 0) is 109 Å². The van der Waals surface area contributed by atoms with E-state index in [2.05, 4.69) is 29.7 Å². The molecule has 1 aliphatic heterocycles. The number of fused-ring (bicyclic) bond motifs is 1. The number of rotatable bonds is 7. The quantitative estimate of drug-likeness (QED) is 0.241. The topological polar surface area (TPSA) is 67.9 Å².